The molecule has 0 saturated carbocycles. The van der Waals surface area contributed by atoms with E-state index >= 15 is 0 Å². The third-order valence-electron chi connectivity index (χ3n) is 1.08. The lowest BCUT2D eigenvalue weighted by Gasteiger charge is -2.25. The van der Waals surface area contributed by atoms with Gasteiger partial charge in [-0.15, -0.1) is 0 Å². The molecule has 1 aromatic rings. The van der Waals surface area contributed by atoms with E-state index in [1.54, 1.807) is 18.3 Å². The molecule has 0 saturated heterocycles. The second kappa shape index (κ2) is 5.13. The Bertz CT molecular complexity index is 208. The minimum Gasteiger partial charge on any atom is -0.295 e. The topological polar surface area (TPSA) is 53.4 Å². The third kappa shape index (κ3) is 3.71. The molecule has 0 aliphatic rings. The van der Waals surface area contributed by atoms with Gasteiger partial charge in [-0.25, -0.2) is 0 Å². The predicted molar refractivity (Wildman–Crippen MR) is 52.6 cm³/mol. The zero-order chi connectivity index (χ0) is 9.61. The van der Waals surface area contributed by atoms with Crippen molar-refractivity contribution >= 4 is 10.6 Å². The molecule has 12 heavy (non-hydrogen) atoms. The van der Waals surface area contributed by atoms with Gasteiger partial charge in [0.05, 0.1) is 4.90 Å². The molecule has 0 spiro atoms. The molecule has 70 valence electrons. The van der Waals surface area contributed by atoms with Gasteiger partial charge in [-0.2, -0.15) is 10.6 Å². The number of aromatic nitrogens is 1. The second-order valence-corrected chi connectivity index (χ2v) is 4.16. The van der Waals surface area contributed by atoms with Crippen LogP contribution in [0.3, 0.4) is 0 Å². The first-order valence-electron chi connectivity index (χ1n) is 3.74. The summed E-state index contributed by atoms with van der Waals surface area (Å²) in [4.78, 5) is 4.23. The number of hydrogen-bond acceptors (Lipinski definition) is 3. The van der Waals surface area contributed by atoms with Crippen molar-refractivity contribution in [2.75, 3.05) is 6.26 Å². The zero-order valence-electron chi connectivity index (χ0n) is 7.56. The van der Waals surface area contributed by atoms with Crippen LogP contribution in [0.1, 0.15) is 13.8 Å². The van der Waals surface area contributed by atoms with E-state index in [-0.39, 0.29) is 0 Å². The molecule has 1 aromatic heterocycles. The number of hydrogen-bond donors (Lipinski definition) is 2. The van der Waals surface area contributed by atoms with Crippen molar-refractivity contribution in [3.63, 3.8) is 0 Å². The normalized spacial score (nSPS) is 11.4. The summed E-state index contributed by atoms with van der Waals surface area (Å²) in [6.07, 6.45) is 4.42. The maximum atomic E-state index is 9.09. The highest BCUT2D eigenvalue weighted by Gasteiger charge is 2.05. The standard InChI is InChI=1S/C6H9NO2S.C2H6/c1-10(8,9)6-3-2-4-7-5-6;1-2/h2-5,8-9H,1H3;1-2H3. The number of nitrogens with zero attached hydrogens (tertiary/aromatic N) is 1. The zero-order valence-corrected chi connectivity index (χ0v) is 8.38. The Hall–Kier alpha value is -0.580. The van der Waals surface area contributed by atoms with Crippen molar-refractivity contribution in [3.8, 4) is 0 Å². The summed E-state index contributed by atoms with van der Waals surface area (Å²) in [5.41, 5.74) is 0. The third-order valence-corrected chi connectivity index (χ3v) is 2.22. The van der Waals surface area contributed by atoms with Gasteiger partial charge >= 0.3 is 0 Å². The van der Waals surface area contributed by atoms with Crippen molar-refractivity contribution in [3.05, 3.63) is 24.5 Å². The first kappa shape index (κ1) is 11.4. The van der Waals surface area contributed by atoms with E-state index < -0.39 is 10.6 Å². The van der Waals surface area contributed by atoms with Crippen molar-refractivity contribution in [2.24, 2.45) is 0 Å². The molecule has 0 amide bonds. The predicted octanol–water partition coefficient (Wildman–Crippen LogP) is 2.85. The summed E-state index contributed by atoms with van der Waals surface area (Å²) in [6, 6.07) is 3.31. The summed E-state index contributed by atoms with van der Waals surface area (Å²) in [5, 5.41) is 0. The first-order valence-corrected chi connectivity index (χ1v) is 5.69. The van der Waals surface area contributed by atoms with Crippen LogP contribution in [0.25, 0.3) is 0 Å². The van der Waals surface area contributed by atoms with E-state index in [9.17, 15) is 0 Å². The smallest absolute Gasteiger partial charge is 0.0763 e. The molecule has 0 bridgehead atoms. The fourth-order valence-electron chi connectivity index (χ4n) is 0.576. The first-order chi connectivity index (χ1) is 5.61. The summed E-state index contributed by atoms with van der Waals surface area (Å²) in [5.74, 6) is 0. The average Bonchev–Trinajstić information content (AvgIpc) is 2.08. The van der Waals surface area contributed by atoms with Gasteiger partial charge in [0, 0.05) is 18.6 Å². The quantitative estimate of drug-likeness (QED) is 0.714. The second-order valence-electron chi connectivity index (χ2n) is 2.02. The maximum absolute atomic E-state index is 9.09. The van der Waals surface area contributed by atoms with Crippen LogP contribution >= 0.6 is 10.6 Å². The summed E-state index contributed by atoms with van der Waals surface area (Å²) in [6.45, 7) is 4.00. The Labute approximate surface area is 74.8 Å². The van der Waals surface area contributed by atoms with Crippen molar-refractivity contribution < 1.29 is 9.11 Å². The molecule has 1 rings (SSSR count). The van der Waals surface area contributed by atoms with Gasteiger partial charge in [-0.1, -0.05) is 13.8 Å². The van der Waals surface area contributed by atoms with E-state index in [1.165, 1.54) is 12.5 Å². The fraction of sp³-hybridized carbons (Fsp3) is 0.375. The van der Waals surface area contributed by atoms with Gasteiger partial charge in [-0.3, -0.25) is 14.1 Å². The molecule has 4 heteroatoms. The molecule has 3 nitrogen and oxygen atoms in total. The molecule has 2 N–H and O–H groups in total. The van der Waals surface area contributed by atoms with E-state index in [0.717, 1.165) is 0 Å². The Morgan fingerprint density at radius 2 is 1.92 bits per heavy atom. The molecular weight excluding hydrogens is 174 g/mol. The average molecular weight is 189 g/mol. The van der Waals surface area contributed by atoms with Crippen LogP contribution in [0.5, 0.6) is 0 Å². The van der Waals surface area contributed by atoms with Gasteiger partial charge in [0.2, 0.25) is 0 Å². The molecular formula is C8H15NO2S. The lowest BCUT2D eigenvalue weighted by Crippen LogP contribution is -1.94. The Morgan fingerprint density at radius 3 is 2.17 bits per heavy atom. The van der Waals surface area contributed by atoms with Crippen LogP contribution in [0, 0.1) is 0 Å². The summed E-state index contributed by atoms with van der Waals surface area (Å²) < 4.78 is 18.2. The van der Waals surface area contributed by atoms with Crippen LogP contribution in [0.15, 0.2) is 29.4 Å². The highest BCUT2D eigenvalue weighted by atomic mass is 32.3. The monoisotopic (exact) mass is 189 g/mol. The Balaban J connectivity index is 0.000000561. The number of rotatable bonds is 1. The van der Waals surface area contributed by atoms with Crippen LogP contribution in [-0.4, -0.2) is 20.3 Å². The van der Waals surface area contributed by atoms with E-state index in [4.69, 9.17) is 9.11 Å². The van der Waals surface area contributed by atoms with Crippen molar-refractivity contribution in [2.45, 2.75) is 18.7 Å². The van der Waals surface area contributed by atoms with Crippen LogP contribution in [0.2, 0.25) is 0 Å². The van der Waals surface area contributed by atoms with Crippen LogP contribution in [0.4, 0.5) is 0 Å². The SMILES string of the molecule is CC.CS(O)(O)c1cccnc1. The minimum absolute atomic E-state index is 0.481. The van der Waals surface area contributed by atoms with Crippen molar-refractivity contribution in [1.82, 2.24) is 4.98 Å². The molecule has 0 atom stereocenters. The van der Waals surface area contributed by atoms with Gasteiger partial charge < -0.3 is 0 Å². The van der Waals surface area contributed by atoms with Gasteiger partial charge in [0.15, 0.2) is 0 Å². The van der Waals surface area contributed by atoms with Crippen molar-refractivity contribution in [1.29, 1.82) is 0 Å². The molecule has 0 unspecified atom stereocenters. The highest BCUT2D eigenvalue weighted by Crippen LogP contribution is 2.42. The molecule has 1 heterocycles. The Kier molecular flexibility index (Phi) is 4.89. The fourth-order valence-corrected chi connectivity index (χ4v) is 1.17. The molecule has 0 aromatic carbocycles. The van der Waals surface area contributed by atoms with Gasteiger partial charge in [-0.05, 0) is 12.1 Å². The van der Waals surface area contributed by atoms with Crippen LogP contribution < -0.4 is 0 Å². The number of pyridine rings is 1. The van der Waals surface area contributed by atoms with E-state index in [2.05, 4.69) is 4.98 Å². The maximum Gasteiger partial charge on any atom is 0.0763 e. The molecule has 0 radical (unpaired) electrons. The summed E-state index contributed by atoms with van der Waals surface area (Å²) in [7, 11) is -2.57. The molecule has 0 fully saturated rings. The Morgan fingerprint density at radius 1 is 1.33 bits per heavy atom. The van der Waals surface area contributed by atoms with E-state index in [1.807, 2.05) is 13.8 Å². The summed E-state index contributed by atoms with van der Waals surface area (Å²) >= 11 is 0. The lowest BCUT2D eigenvalue weighted by molar-refractivity contribution is 0.494. The van der Waals surface area contributed by atoms with Gasteiger partial charge in [0.25, 0.3) is 0 Å². The van der Waals surface area contributed by atoms with Gasteiger partial charge in [0.1, 0.15) is 0 Å². The molecule has 0 aliphatic carbocycles. The van der Waals surface area contributed by atoms with E-state index in [0.29, 0.717) is 4.90 Å². The minimum atomic E-state index is -2.57. The van der Waals surface area contributed by atoms with Crippen LogP contribution in [-0.2, 0) is 0 Å². The molecule has 0 aliphatic heterocycles. The largest absolute Gasteiger partial charge is 0.295 e. The lowest BCUT2D eigenvalue weighted by atomic mass is 10.5. The highest BCUT2D eigenvalue weighted by molar-refractivity contribution is 8.23.